The van der Waals surface area contributed by atoms with Gasteiger partial charge in [-0.15, -0.1) is 0 Å². The lowest BCUT2D eigenvalue weighted by Crippen LogP contribution is -2.37. The molecule has 2 fully saturated rings. The lowest BCUT2D eigenvalue weighted by molar-refractivity contribution is 0.0755. The molecule has 1 aromatic rings. The lowest BCUT2D eigenvalue weighted by Gasteiger charge is -2.28. The number of hydrogen-bond donors (Lipinski definition) is 0. The average Bonchev–Trinajstić information content (AvgIpc) is 2.88. The zero-order valence-corrected chi connectivity index (χ0v) is 15.9. The first kappa shape index (κ1) is 19.5. The predicted octanol–water partition coefficient (Wildman–Crippen LogP) is 4.12. The van der Waals surface area contributed by atoms with E-state index in [1.807, 2.05) is 0 Å². The Balaban J connectivity index is 1.59. The molecule has 144 valence electrons. The average molecular weight is 384 g/mol. The van der Waals surface area contributed by atoms with Crippen molar-refractivity contribution >= 4 is 17.7 Å². The van der Waals surface area contributed by atoms with Gasteiger partial charge in [-0.2, -0.15) is 8.78 Å². The number of carbonyl (C=O) groups excluding carboxylic acids is 1. The van der Waals surface area contributed by atoms with Crippen LogP contribution in [0.2, 0.25) is 0 Å². The molecule has 0 unspecified atom stereocenters. The highest BCUT2D eigenvalue weighted by Gasteiger charge is 2.25. The predicted molar refractivity (Wildman–Crippen MR) is 99.6 cm³/mol. The molecule has 1 saturated carbocycles. The van der Waals surface area contributed by atoms with Crippen LogP contribution >= 0.6 is 11.8 Å². The summed E-state index contributed by atoms with van der Waals surface area (Å²) < 4.78 is 25.5. The van der Waals surface area contributed by atoms with Crippen molar-refractivity contribution < 1.29 is 13.6 Å². The van der Waals surface area contributed by atoms with Crippen LogP contribution in [-0.4, -0.2) is 59.2 Å². The number of alkyl halides is 2. The van der Waals surface area contributed by atoms with Crippen LogP contribution in [-0.2, 0) is 0 Å². The number of rotatable bonds is 5. The van der Waals surface area contributed by atoms with Crippen LogP contribution in [0.15, 0.2) is 23.4 Å². The third-order valence-electron chi connectivity index (χ3n) is 5.32. The molecule has 0 atom stereocenters. The van der Waals surface area contributed by atoms with Crippen LogP contribution in [0.4, 0.5) is 8.78 Å². The molecule has 2 aliphatic rings. The molecule has 0 aromatic carbocycles. The highest BCUT2D eigenvalue weighted by atomic mass is 32.2. The molecule has 1 aromatic heterocycles. The summed E-state index contributed by atoms with van der Waals surface area (Å²) in [5.74, 6) is -1.97. The Labute approximate surface area is 158 Å². The smallest absolute Gasteiger partial charge is 0.290 e. The summed E-state index contributed by atoms with van der Waals surface area (Å²) in [6.07, 6.45) is 9.07. The van der Waals surface area contributed by atoms with Gasteiger partial charge in [0, 0.05) is 32.4 Å². The number of carbonyl (C=O) groups is 1. The first-order valence-corrected chi connectivity index (χ1v) is 10.4. The van der Waals surface area contributed by atoms with Gasteiger partial charge in [-0.05, 0) is 55.6 Å². The van der Waals surface area contributed by atoms with E-state index in [1.165, 1.54) is 38.3 Å². The van der Waals surface area contributed by atoms with Crippen molar-refractivity contribution in [3.05, 3.63) is 23.9 Å². The van der Waals surface area contributed by atoms with Crippen molar-refractivity contribution in [2.24, 2.45) is 5.92 Å². The fraction of sp³-hybridized carbons (Fsp3) is 0.684. The van der Waals surface area contributed by atoms with Crippen LogP contribution in [0.5, 0.6) is 0 Å². The summed E-state index contributed by atoms with van der Waals surface area (Å²) >= 11 is 0.344. The number of hydrogen-bond acceptors (Lipinski definition) is 4. The third kappa shape index (κ3) is 5.39. The molecule has 0 radical (unpaired) electrons. The Morgan fingerprint density at radius 3 is 2.73 bits per heavy atom. The maximum atomic E-state index is 12.9. The van der Waals surface area contributed by atoms with E-state index in [2.05, 4.69) is 9.88 Å². The summed E-state index contributed by atoms with van der Waals surface area (Å²) in [7, 11) is 0. The molecule has 7 heteroatoms. The van der Waals surface area contributed by atoms with Gasteiger partial charge in [-0.1, -0.05) is 19.3 Å². The highest BCUT2D eigenvalue weighted by Crippen LogP contribution is 2.28. The third-order valence-corrected chi connectivity index (χ3v) is 6.05. The second kappa shape index (κ2) is 9.65. The van der Waals surface area contributed by atoms with Crippen molar-refractivity contribution in [2.75, 3.05) is 32.7 Å². The van der Waals surface area contributed by atoms with E-state index in [9.17, 15) is 13.6 Å². The number of thioether (sulfide) groups is 1. The first-order chi connectivity index (χ1) is 12.6. The first-order valence-electron chi connectivity index (χ1n) is 9.55. The molecule has 1 amide bonds. The van der Waals surface area contributed by atoms with E-state index in [0.717, 1.165) is 32.0 Å². The minimum Gasteiger partial charge on any atom is -0.337 e. The van der Waals surface area contributed by atoms with Crippen molar-refractivity contribution in [1.82, 2.24) is 14.8 Å². The topological polar surface area (TPSA) is 36.4 Å². The van der Waals surface area contributed by atoms with Gasteiger partial charge >= 0.3 is 0 Å². The molecule has 0 spiro atoms. The summed E-state index contributed by atoms with van der Waals surface area (Å²) in [6, 6.07) is 3.24. The molecule has 26 heavy (non-hydrogen) atoms. The molecule has 1 aliphatic heterocycles. The van der Waals surface area contributed by atoms with Crippen LogP contribution in [0.3, 0.4) is 0 Å². The number of nitrogens with zero attached hydrogens (tertiary/aromatic N) is 3. The second-order valence-corrected chi connectivity index (χ2v) is 8.16. The molecular weight excluding hydrogens is 356 g/mol. The Morgan fingerprint density at radius 1 is 1.15 bits per heavy atom. The number of aromatic nitrogens is 1. The Morgan fingerprint density at radius 2 is 1.96 bits per heavy atom. The minimum absolute atomic E-state index is 0.121. The number of halogens is 2. The van der Waals surface area contributed by atoms with Gasteiger partial charge in [0.2, 0.25) is 0 Å². The second-order valence-electron chi connectivity index (χ2n) is 7.19. The molecule has 2 heterocycles. The van der Waals surface area contributed by atoms with Crippen LogP contribution in [0.25, 0.3) is 0 Å². The molecule has 3 rings (SSSR count). The zero-order chi connectivity index (χ0) is 18.4. The van der Waals surface area contributed by atoms with Gasteiger partial charge in [0.1, 0.15) is 5.03 Å². The van der Waals surface area contributed by atoms with E-state index in [4.69, 9.17) is 0 Å². The molecule has 1 saturated heterocycles. The number of pyridine rings is 1. The van der Waals surface area contributed by atoms with Crippen molar-refractivity contribution in [3.8, 4) is 0 Å². The Kier molecular flexibility index (Phi) is 7.25. The largest absolute Gasteiger partial charge is 0.337 e. The molecule has 0 N–H and O–H groups in total. The van der Waals surface area contributed by atoms with E-state index in [-0.39, 0.29) is 10.9 Å². The SMILES string of the molecule is O=C(c1cccnc1SC(F)F)N1CCCN(CC2CCCCC2)CC1. The fourth-order valence-electron chi connectivity index (χ4n) is 3.99. The van der Waals surface area contributed by atoms with Gasteiger partial charge in [-0.3, -0.25) is 4.79 Å². The monoisotopic (exact) mass is 383 g/mol. The minimum atomic E-state index is -2.58. The van der Waals surface area contributed by atoms with E-state index >= 15 is 0 Å². The summed E-state index contributed by atoms with van der Waals surface area (Å²) in [5.41, 5.74) is 0.290. The summed E-state index contributed by atoms with van der Waals surface area (Å²) in [6.45, 7) is 4.32. The van der Waals surface area contributed by atoms with Gasteiger partial charge in [0.15, 0.2) is 0 Å². The Hall–Kier alpha value is -1.21. The van der Waals surface area contributed by atoms with Gasteiger partial charge in [0.05, 0.1) is 5.56 Å². The molecule has 4 nitrogen and oxygen atoms in total. The highest BCUT2D eigenvalue weighted by molar-refractivity contribution is 7.99. The quantitative estimate of drug-likeness (QED) is 0.717. The van der Waals surface area contributed by atoms with E-state index in [1.54, 1.807) is 17.0 Å². The van der Waals surface area contributed by atoms with E-state index < -0.39 is 5.76 Å². The molecule has 1 aliphatic carbocycles. The van der Waals surface area contributed by atoms with Crippen molar-refractivity contribution in [1.29, 1.82) is 0 Å². The fourth-order valence-corrected chi connectivity index (χ4v) is 4.57. The molecule has 0 bridgehead atoms. The summed E-state index contributed by atoms with van der Waals surface area (Å²) in [4.78, 5) is 21.1. The standard InChI is InChI=1S/C19H27F2N3OS/c20-19(21)26-17-16(8-4-9-22-17)18(25)24-11-5-10-23(12-13-24)14-15-6-2-1-3-7-15/h4,8-9,15,19H,1-3,5-7,10-14H2. The van der Waals surface area contributed by atoms with Gasteiger partial charge < -0.3 is 9.80 Å². The van der Waals surface area contributed by atoms with Gasteiger partial charge in [0.25, 0.3) is 11.7 Å². The zero-order valence-electron chi connectivity index (χ0n) is 15.1. The lowest BCUT2D eigenvalue weighted by atomic mass is 9.89. The maximum absolute atomic E-state index is 12.9. The van der Waals surface area contributed by atoms with Crippen molar-refractivity contribution in [2.45, 2.75) is 49.3 Å². The Bertz CT molecular complexity index is 596. The normalized spacial score (nSPS) is 20.3. The van der Waals surface area contributed by atoms with Crippen LogP contribution < -0.4 is 0 Å². The maximum Gasteiger partial charge on any atom is 0.290 e. The molecular formula is C19H27F2N3OS. The van der Waals surface area contributed by atoms with Gasteiger partial charge in [-0.25, -0.2) is 4.98 Å². The van der Waals surface area contributed by atoms with Crippen LogP contribution in [0.1, 0.15) is 48.9 Å². The van der Waals surface area contributed by atoms with E-state index in [0.29, 0.717) is 30.4 Å². The number of amides is 1. The van der Waals surface area contributed by atoms with Crippen molar-refractivity contribution in [3.63, 3.8) is 0 Å². The van der Waals surface area contributed by atoms with Crippen LogP contribution in [0, 0.1) is 5.92 Å². The summed E-state index contributed by atoms with van der Waals surface area (Å²) in [5, 5.41) is 0.121.